The summed E-state index contributed by atoms with van der Waals surface area (Å²) in [4.78, 5) is 14.1. The van der Waals surface area contributed by atoms with Crippen LogP contribution in [0, 0.1) is 0 Å². The van der Waals surface area contributed by atoms with Gasteiger partial charge in [-0.2, -0.15) is 5.10 Å². The van der Waals surface area contributed by atoms with Gasteiger partial charge in [0.2, 0.25) is 10.0 Å². The van der Waals surface area contributed by atoms with Gasteiger partial charge in [0.1, 0.15) is 0 Å². The minimum absolute atomic E-state index is 0.0791. The first-order valence-electron chi connectivity index (χ1n) is 7.92. The highest BCUT2D eigenvalue weighted by molar-refractivity contribution is 7.88. The SMILES string of the molecule is CS(=O)(=O)NC[C@H]1CCCCN1C(=O)NCCCn1cccn1. The molecule has 0 aliphatic carbocycles. The molecule has 1 fully saturated rings. The number of likely N-dealkylation sites (tertiary alicyclic amines) is 1. The van der Waals surface area contributed by atoms with Gasteiger partial charge in [0, 0.05) is 44.6 Å². The van der Waals surface area contributed by atoms with Gasteiger partial charge in [-0.3, -0.25) is 4.68 Å². The smallest absolute Gasteiger partial charge is 0.317 e. The molecule has 1 saturated heterocycles. The van der Waals surface area contributed by atoms with Gasteiger partial charge in [0.05, 0.1) is 6.26 Å². The molecule has 0 aromatic carbocycles. The number of aryl methyl sites for hydroxylation is 1. The van der Waals surface area contributed by atoms with Crippen molar-refractivity contribution in [2.45, 2.75) is 38.3 Å². The molecule has 2 heterocycles. The molecular weight excluding hydrogens is 318 g/mol. The predicted octanol–water partition coefficient (Wildman–Crippen LogP) is 0.387. The predicted molar refractivity (Wildman–Crippen MR) is 87.4 cm³/mol. The quantitative estimate of drug-likeness (QED) is 0.700. The number of piperidine rings is 1. The number of nitrogens with zero attached hydrogens (tertiary/aromatic N) is 3. The molecule has 130 valence electrons. The molecule has 1 aromatic heterocycles. The van der Waals surface area contributed by atoms with Crippen LogP contribution in [0.3, 0.4) is 0 Å². The monoisotopic (exact) mass is 343 g/mol. The Bertz CT molecular complexity index is 588. The van der Waals surface area contributed by atoms with E-state index in [1.165, 1.54) is 0 Å². The van der Waals surface area contributed by atoms with E-state index in [9.17, 15) is 13.2 Å². The highest BCUT2D eigenvalue weighted by Crippen LogP contribution is 2.16. The third-order valence-electron chi connectivity index (χ3n) is 3.87. The molecule has 2 N–H and O–H groups in total. The average Bonchev–Trinajstić information content (AvgIpc) is 3.02. The van der Waals surface area contributed by atoms with Crippen LogP contribution in [-0.2, 0) is 16.6 Å². The summed E-state index contributed by atoms with van der Waals surface area (Å²) in [6.45, 7) is 2.27. The summed E-state index contributed by atoms with van der Waals surface area (Å²) in [6.07, 6.45) is 8.34. The molecule has 23 heavy (non-hydrogen) atoms. The van der Waals surface area contributed by atoms with Crippen molar-refractivity contribution >= 4 is 16.1 Å². The number of carbonyl (C=O) groups is 1. The van der Waals surface area contributed by atoms with Crippen LogP contribution in [0.15, 0.2) is 18.5 Å². The second kappa shape index (κ2) is 8.30. The molecule has 0 saturated carbocycles. The van der Waals surface area contributed by atoms with E-state index in [4.69, 9.17) is 0 Å². The van der Waals surface area contributed by atoms with E-state index in [-0.39, 0.29) is 18.6 Å². The van der Waals surface area contributed by atoms with E-state index in [1.54, 1.807) is 11.1 Å². The van der Waals surface area contributed by atoms with Crippen LogP contribution in [-0.4, -0.2) is 61.1 Å². The number of nitrogens with one attached hydrogen (secondary N) is 2. The van der Waals surface area contributed by atoms with E-state index >= 15 is 0 Å². The van der Waals surface area contributed by atoms with Crippen molar-refractivity contribution in [3.8, 4) is 0 Å². The van der Waals surface area contributed by atoms with Crippen molar-refractivity contribution in [3.63, 3.8) is 0 Å². The van der Waals surface area contributed by atoms with Crippen LogP contribution in [0.2, 0.25) is 0 Å². The first kappa shape index (κ1) is 17.7. The van der Waals surface area contributed by atoms with Gasteiger partial charge >= 0.3 is 6.03 Å². The van der Waals surface area contributed by atoms with Gasteiger partial charge in [0.25, 0.3) is 0 Å². The maximum atomic E-state index is 12.3. The van der Waals surface area contributed by atoms with Gasteiger partial charge in [-0.15, -0.1) is 0 Å². The van der Waals surface area contributed by atoms with E-state index in [0.717, 1.165) is 38.5 Å². The zero-order chi connectivity index (χ0) is 16.7. The van der Waals surface area contributed by atoms with E-state index in [0.29, 0.717) is 13.1 Å². The van der Waals surface area contributed by atoms with E-state index in [1.807, 2.05) is 16.9 Å². The summed E-state index contributed by atoms with van der Waals surface area (Å²) in [7, 11) is -3.24. The van der Waals surface area contributed by atoms with Gasteiger partial charge in [0.15, 0.2) is 0 Å². The lowest BCUT2D eigenvalue weighted by molar-refractivity contribution is 0.152. The molecule has 0 spiro atoms. The Hall–Kier alpha value is -1.61. The van der Waals surface area contributed by atoms with Crippen LogP contribution in [0.25, 0.3) is 0 Å². The Balaban J connectivity index is 1.75. The average molecular weight is 343 g/mol. The minimum atomic E-state index is -3.24. The number of aromatic nitrogens is 2. The van der Waals surface area contributed by atoms with Gasteiger partial charge in [-0.05, 0) is 31.7 Å². The highest BCUT2D eigenvalue weighted by Gasteiger charge is 2.26. The molecule has 0 bridgehead atoms. The number of carbonyl (C=O) groups excluding carboxylic acids is 1. The van der Waals surface area contributed by atoms with Crippen molar-refractivity contribution in [3.05, 3.63) is 18.5 Å². The molecular formula is C14H25N5O3S. The maximum absolute atomic E-state index is 12.3. The first-order valence-corrected chi connectivity index (χ1v) is 9.81. The topological polar surface area (TPSA) is 96.3 Å². The minimum Gasteiger partial charge on any atom is -0.338 e. The zero-order valence-corrected chi connectivity index (χ0v) is 14.3. The van der Waals surface area contributed by atoms with Gasteiger partial charge < -0.3 is 10.2 Å². The maximum Gasteiger partial charge on any atom is 0.317 e. The molecule has 1 aliphatic heterocycles. The van der Waals surface area contributed by atoms with Crippen LogP contribution >= 0.6 is 0 Å². The number of rotatable bonds is 7. The fourth-order valence-corrected chi connectivity index (χ4v) is 3.19. The summed E-state index contributed by atoms with van der Waals surface area (Å²) < 4.78 is 26.8. The molecule has 0 radical (unpaired) electrons. The molecule has 1 aliphatic rings. The molecule has 2 rings (SSSR count). The summed E-state index contributed by atoms with van der Waals surface area (Å²) in [6, 6.07) is 1.67. The summed E-state index contributed by atoms with van der Waals surface area (Å²) in [5.74, 6) is 0. The normalized spacial score (nSPS) is 18.8. The Labute approximate surface area is 137 Å². The summed E-state index contributed by atoms with van der Waals surface area (Å²) >= 11 is 0. The molecule has 1 aromatic rings. The van der Waals surface area contributed by atoms with E-state index in [2.05, 4.69) is 15.1 Å². The second-order valence-corrected chi connectivity index (χ2v) is 7.65. The van der Waals surface area contributed by atoms with Crippen molar-refractivity contribution in [2.75, 3.05) is 25.9 Å². The van der Waals surface area contributed by atoms with Crippen LogP contribution in [0.5, 0.6) is 0 Å². The van der Waals surface area contributed by atoms with Crippen molar-refractivity contribution < 1.29 is 13.2 Å². The third-order valence-corrected chi connectivity index (χ3v) is 4.56. The molecule has 8 nitrogen and oxygen atoms in total. The number of hydrogen-bond donors (Lipinski definition) is 2. The van der Waals surface area contributed by atoms with Gasteiger partial charge in [-0.25, -0.2) is 17.9 Å². The third kappa shape index (κ3) is 6.19. The number of amides is 2. The van der Waals surface area contributed by atoms with Crippen LogP contribution < -0.4 is 10.0 Å². The largest absolute Gasteiger partial charge is 0.338 e. The summed E-state index contributed by atoms with van der Waals surface area (Å²) in [5, 5.41) is 7.02. The van der Waals surface area contributed by atoms with Crippen LogP contribution in [0.4, 0.5) is 4.79 Å². The lowest BCUT2D eigenvalue weighted by atomic mass is 10.0. The number of urea groups is 1. The lowest BCUT2D eigenvalue weighted by Gasteiger charge is -2.35. The Kier molecular flexibility index (Phi) is 6.40. The summed E-state index contributed by atoms with van der Waals surface area (Å²) in [5.41, 5.74) is 0. The molecule has 2 amide bonds. The molecule has 0 unspecified atom stereocenters. The Morgan fingerprint density at radius 3 is 2.91 bits per heavy atom. The number of sulfonamides is 1. The fourth-order valence-electron chi connectivity index (χ4n) is 2.70. The van der Waals surface area contributed by atoms with Gasteiger partial charge in [-0.1, -0.05) is 0 Å². The molecule has 9 heteroatoms. The van der Waals surface area contributed by atoms with Crippen molar-refractivity contribution in [1.82, 2.24) is 24.7 Å². The zero-order valence-electron chi connectivity index (χ0n) is 13.4. The second-order valence-electron chi connectivity index (χ2n) is 5.82. The van der Waals surface area contributed by atoms with Crippen LogP contribution in [0.1, 0.15) is 25.7 Å². The Morgan fingerprint density at radius 1 is 1.39 bits per heavy atom. The van der Waals surface area contributed by atoms with Crippen molar-refractivity contribution in [2.24, 2.45) is 0 Å². The Morgan fingerprint density at radius 2 is 2.22 bits per heavy atom. The number of hydrogen-bond acceptors (Lipinski definition) is 4. The fraction of sp³-hybridized carbons (Fsp3) is 0.714. The lowest BCUT2D eigenvalue weighted by Crippen LogP contribution is -2.52. The van der Waals surface area contributed by atoms with E-state index < -0.39 is 10.0 Å². The molecule has 1 atom stereocenters. The van der Waals surface area contributed by atoms with Crippen molar-refractivity contribution in [1.29, 1.82) is 0 Å². The highest BCUT2D eigenvalue weighted by atomic mass is 32.2. The standard InChI is InChI=1S/C14H25N5O3S/c1-23(21,22)17-12-13-6-2-3-11-19(13)14(20)15-7-4-9-18-10-5-8-16-18/h5,8,10,13,17H,2-4,6-7,9,11-12H2,1H3,(H,15,20)/t13-/m1/s1. The first-order chi connectivity index (χ1) is 11.0.